The molecular weight excluding hydrogens is 108 g/mol. The van der Waals surface area contributed by atoms with Crippen LogP contribution in [0.3, 0.4) is 0 Å². The van der Waals surface area contributed by atoms with Gasteiger partial charge in [-0.05, 0) is 12.8 Å². The summed E-state index contributed by atoms with van der Waals surface area (Å²) in [4.78, 5) is 0. The van der Waals surface area contributed by atoms with Crippen molar-refractivity contribution in [3.63, 3.8) is 0 Å². The predicted molar refractivity (Wildman–Crippen MR) is 42.1 cm³/mol. The van der Waals surface area contributed by atoms with Crippen LogP contribution in [-0.4, -0.2) is 0 Å². The normalized spacial score (nSPS) is 11.9. The fourth-order valence-corrected chi connectivity index (χ4v) is 0.871. The molecule has 0 aromatic heterocycles. The van der Waals surface area contributed by atoms with Gasteiger partial charge in [0.25, 0.3) is 0 Å². The molecule has 0 saturated carbocycles. The van der Waals surface area contributed by atoms with Crippen LogP contribution in [-0.2, 0) is 0 Å². The Morgan fingerprint density at radius 2 is 2.11 bits per heavy atom. The van der Waals surface area contributed by atoms with Gasteiger partial charge in [0.15, 0.2) is 0 Å². The minimum atomic E-state index is 0.794. The van der Waals surface area contributed by atoms with Crippen LogP contribution in [0.4, 0.5) is 0 Å². The molecule has 1 atom stereocenters. The van der Waals surface area contributed by atoms with Gasteiger partial charge in [-0.3, -0.25) is 0 Å². The quantitative estimate of drug-likeness (QED) is 0.507. The van der Waals surface area contributed by atoms with Crippen molar-refractivity contribution in [1.29, 1.82) is 0 Å². The number of hydrogen-bond acceptors (Lipinski definition) is 0. The fourth-order valence-electron chi connectivity index (χ4n) is 0.871. The largest absolute Gasteiger partial charge is 0.107 e. The average Bonchev–Trinajstić information content (AvgIpc) is 1.85. The second-order valence-corrected chi connectivity index (χ2v) is 2.52. The van der Waals surface area contributed by atoms with Crippen molar-refractivity contribution >= 4 is 0 Å². The molecule has 0 aromatic carbocycles. The van der Waals surface area contributed by atoms with Gasteiger partial charge >= 0.3 is 0 Å². The van der Waals surface area contributed by atoms with Crippen molar-refractivity contribution in [3.8, 4) is 11.8 Å². The van der Waals surface area contributed by atoms with Gasteiger partial charge < -0.3 is 0 Å². The summed E-state index contributed by atoms with van der Waals surface area (Å²) in [5.41, 5.74) is 0. The molecule has 9 heavy (non-hydrogen) atoms. The van der Waals surface area contributed by atoms with Gasteiger partial charge in [-0.1, -0.05) is 26.7 Å². The Morgan fingerprint density at radius 3 is 2.56 bits per heavy atom. The molecule has 52 valence electrons. The topological polar surface area (TPSA) is 0 Å². The van der Waals surface area contributed by atoms with Crippen LogP contribution in [0.2, 0.25) is 0 Å². The first-order valence-corrected chi connectivity index (χ1v) is 3.70. The third kappa shape index (κ3) is 5.43. The van der Waals surface area contributed by atoms with Crippen LogP contribution in [0, 0.1) is 17.8 Å². The Kier molecular flexibility index (Phi) is 5.41. The van der Waals surface area contributed by atoms with Crippen molar-refractivity contribution in [3.05, 3.63) is 0 Å². The zero-order valence-electron chi connectivity index (χ0n) is 6.70. The fraction of sp³-hybridized carbons (Fsp3) is 0.778. The third-order valence-corrected chi connectivity index (χ3v) is 1.41. The molecule has 0 radical (unpaired) electrons. The molecule has 0 saturated heterocycles. The average molecular weight is 124 g/mol. The van der Waals surface area contributed by atoms with Gasteiger partial charge in [0.1, 0.15) is 0 Å². The maximum Gasteiger partial charge on any atom is 0.0114 e. The molecule has 0 amide bonds. The first kappa shape index (κ1) is 8.56. The van der Waals surface area contributed by atoms with Crippen LogP contribution in [0.5, 0.6) is 0 Å². The van der Waals surface area contributed by atoms with Gasteiger partial charge in [0, 0.05) is 6.42 Å². The summed E-state index contributed by atoms with van der Waals surface area (Å²) in [5.74, 6) is 6.78. The molecule has 0 aliphatic rings. The molecule has 0 nitrogen and oxygen atoms in total. The maximum absolute atomic E-state index is 3.08. The molecule has 0 rings (SSSR count). The van der Waals surface area contributed by atoms with E-state index in [1.54, 1.807) is 0 Å². The van der Waals surface area contributed by atoms with Crippen LogP contribution >= 0.6 is 0 Å². The summed E-state index contributed by atoms with van der Waals surface area (Å²) in [5, 5.41) is 0. The van der Waals surface area contributed by atoms with Crippen molar-refractivity contribution < 1.29 is 0 Å². The molecule has 0 aliphatic heterocycles. The van der Waals surface area contributed by atoms with Crippen molar-refractivity contribution in [2.75, 3.05) is 0 Å². The van der Waals surface area contributed by atoms with Crippen LogP contribution < -0.4 is 0 Å². The van der Waals surface area contributed by atoms with E-state index in [2.05, 4.69) is 25.7 Å². The summed E-state index contributed by atoms with van der Waals surface area (Å²) in [6, 6.07) is 0. The van der Waals surface area contributed by atoms with Gasteiger partial charge in [-0.2, -0.15) is 0 Å². The summed E-state index contributed by atoms with van der Waals surface area (Å²) >= 11 is 0. The molecular formula is C9H16. The molecule has 0 bridgehead atoms. The van der Waals surface area contributed by atoms with Crippen molar-refractivity contribution in [1.82, 2.24) is 0 Å². The van der Waals surface area contributed by atoms with E-state index in [0.717, 1.165) is 12.3 Å². The standard InChI is InChI=1S/C9H16/c1-4-6-8-9(3)7-5-2/h9H,5,7-8H2,1-3H3/t9-/m0/s1. The van der Waals surface area contributed by atoms with Crippen molar-refractivity contribution in [2.45, 2.75) is 40.0 Å². The van der Waals surface area contributed by atoms with Crippen LogP contribution in [0.1, 0.15) is 40.0 Å². The zero-order valence-corrected chi connectivity index (χ0v) is 6.70. The lowest BCUT2D eigenvalue weighted by atomic mass is 10.0. The number of hydrogen-bond donors (Lipinski definition) is 0. The summed E-state index contributed by atoms with van der Waals surface area (Å²) in [6.45, 7) is 6.38. The van der Waals surface area contributed by atoms with E-state index in [1.807, 2.05) is 6.92 Å². The first-order valence-electron chi connectivity index (χ1n) is 3.70. The van der Waals surface area contributed by atoms with E-state index in [4.69, 9.17) is 0 Å². The molecule has 0 unspecified atom stereocenters. The lowest BCUT2D eigenvalue weighted by Gasteiger charge is -2.02. The van der Waals surface area contributed by atoms with Crippen LogP contribution in [0.15, 0.2) is 0 Å². The highest BCUT2D eigenvalue weighted by Crippen LogP contribution is 2.07. The number of rotatable bonds is 3. The zero-order chi connectivity index (χ0) is 7.11. The van der Waals surface area contributed by atoms with Gasteiger partial charge in [-0.15, -0.1) is 11.8 Å². The molecule has 0 fully saturated rings. The predicted octanol–water partition coefficient (Wildman–Crippen LogP) is 2.84. The minimum Gasteiger partial charge on any atom is -0.107 e. The highest BCUT2D eigenvalue weighted by Gasteiger charge is 1.95. The Morgan fingerprint density at radius 1 is 1.44 bits per heavy atom. The Bertz CT molecular complexity index is 103. The Balaban J connectivity index is 3.22. The summed E-state index contributed by atoms with van der Waals surface area (Å²) in [6.07, 6.45) is 3.67. The lowest BCUT2D eigenvalue weighted by Crippen LogP contribution is -1.90. The smallest absolute Gasteiger partial charge is 0.0114 e. The minimum absolute atomic E-state index is 0.794. The summed E-state index contributed by atoms with van der Waals surface area (Å²) in [7, 11) is 0. The summed E-state index contributed by atoms with van der Waals surface area (Å²) < 4.78 is 0. The molecule has 0 heteroatoms. The molecule has 0 aliphatic carbocycles. The molecule has 0 heterocycles. The molecule has 0 aromatic rings. The third-order valence-electron chi connectivity index (χ3n) is 1.41. The van der Waals surface area contributed by atoms with E-state index < -0.39 is 0 Å². The van der Waals surface area contributed by atoms with Crippen LogP contribution in [0.25, 0.3) is 0 Å². The van der Waals surface area contributed by atoms with E-state index in [0.29, 0.717) is 0 Å². The van der Waals surface area contributed by atoms with Gasteiger partial charge in [-0.25, -0.2) is 0 Å². The Hall–Kier alpha value is -0.440. The molecule has 0 spiro atoms. The second kappa shape index (κ2) is 5.69. The van der Waals surface area contributed by atoms with E-state index in [1.165, 1.54) is 12.8 Å². The van der Waals surface area contributed by atoms with Crippen molar-refractivity contribution in [2.24, 2.45) is 5.92 Å². The van der Waals surface area contributed by atoms with E-state index >= 15 is 0 Å². The van der Waals surface area contributed by atoms with E-state index in [9.17, 15) is 0 Å². The maximum atomic E-state index is 3.08. The first-order chi connectivity index (χ1) is 4.31. The van der Waals surface area contributed by atoms with Gasteiger partial charge in [0.05, 0.1) is 0 Å². The Labute approximate surface area is 58.7 Å². The van der Waals surface area contributed by atoms with E-state index in [-0.39, 0.29) is 0 Å². The highest BCUT2D eigenvalue weighted by molar-refractivity contribution is 4.95. The molecule has 0 N–H and O–H groups in total. The highest BCUT2D eigenvalue weighted by atomic mass is 14.0. The lowest BCUT2D eigenvalue weighted by molar-refractivity contribution is 0.539. The van der Waals surface area contributed by atoms with Gasteiger partial charge in [0.2, 0.25) is 0 Å². The monoisotopic (exact) mass is 124 g/mol. The second-order valence-electron chi connectivity index (χ2n) is 2.52. The SMILES string of the molecule is CC#CC[C@@H](C)CCC.